The molecule has 4 nitrogen and oxygen atoms in total. The van der Waals surface area contributed by atoms with Crippen molar-refractivity contribution < 1.29 is 27.0 Å². The molecule has 11 rings (SSSR count). The van der Waals surface area contributed by atoms with Gasteiger partial charge in [-0.25, -0.2) is 0 Å². The van der Waals surface area contributed by atoms with Gasteiger partial charge in [-0.15, -0.1) is 0 Å². The number of nitrogens with zero attached hydrogens (tertiary/aromatic N) is 2. The molecule has 0 aliphatic heterocycles. The van der Waals surface area contributed by atoms with Crippen molar-refractivity contribution in [3.8, 4) is 11.5 Å². The molecule has 0 saturated heterocycles. The van der Waals surface area contributed by atoms with Gasteiger partial charge in [0.05, 0.1) is 12.1 Å². The SMILES string of the molecule is CC(C)(C)c1cc(C=NC2CCCCC2N=Cc2cc(C(C)(C)C)cc(CC3C4CC5CC(C4)CC3C5)c2O)c(O)c(CC2C3CC4CC(C3)CC2C4)c1.[CH3-].[Co]. The summed E-state index contributed by atoms with van der Waals surface area (Å²) in [6.07, 6.45) is 24.6. The van der Waals surface area contributed by atoms with E-state index in [1.54, 1.807) is 0 Å². The number of benzene rings is 2. The predicted octanol–water partition coefficient (Wildman–Crippen LogP) is 12.2. The number of phenolic OH excluding ortho intramolecular Hbond substituents is 2. The van der Waals surface area contributed by atoms with Crippen molar-refractivity contribution in [2.45, 2.75) is 167 Å². The smallest absolute Gasteiger partial charge is 0.127 e. The molecule has 5 heteroatoms. The first kappa shape index (κ1) is 42.0. The first-order valence-corrected chi connectivity index (χ1v) is 22.5. The fourth-order valence-electron chi connectivity index (χ4n) is 13.9. The third-order valence-corrected chi connectivity index (χ3v) is 16.4. The molecule has 9 saturated carbocycles. The Morgan fingerprint density at radius 3 is 1.16 bits per heavy atom. The van der Waals surface area contributed by atoms with Crippen LogP contribution >= 0.6 is 0 Å². The van der Waals surface area contributed by atoms with E-state index >= 15 is 0 Å². The number of hydrogen-bond donors (Lipinski definition) is 2. The van der Waals surface area contributed by atoms with Gasteiger partial charge in [-0.1, -0.05) is 66.5 Å². The Hall–Kier alpha value is -2.11. The molecule has 2 aromatic rings. The topological polar surface area (TPSA) is 65.2 Å². The van der Waals surface area contributed by atoms with Crippen LogP contribution in [0.25, 0.3) is 0 Å². The Balaban J connectivity index is 0.00000240. The van der Waals surface area contributed by atoms with Crippen LogP contribution in [0, 0.1) is 66.6 Å². The Kier molecular flexibility index (Phi) is 12.1. The molecule has 9 aliphatic carbocycles. The summed E-state index contributed by atoms with van der Waals surface area (Å²) in [6.45, 7) is 13.7. The normalized spacial score (nSPS) is 36.0. The molecule has 2 aromatic carbocycles. The molecule has 2 N–H and O–H groups in total. The first-order chi connectivity index (χ1) is 25.7. The van der Waals surface area contributed by atoms with Gasteiger partial charge in [0.2, 0.25) is 0 Å². The molecule has 2 atom stereocenters. The molecule has 1 radical (unpaired) electrons. The van der Waals surface area contributed by atoms with Crippen LogP contribution in [-0.4, -0.2) is 34.7 Å². The molecule has 8 bridgehead atoms. The number of rotatable bonds is 8. The molecule has 0 aromatic heterocycles. The summed E-state index contributed by atoms with van der Waals surface area (Å²) in [4.78, 5) is 10.5. The standard InChI is InChI=1S/C50H70N2O2.CH3.Co/c1-49(2,3)41-21-37(25-43-33-13-29-11-30(15-33)16-34(43)14-29)47(53)39(23-41)27-51-45-9-7-8-10-46(45)52-28-40-24-42(50(4,5)6)22-38(48(40)54)26-44-35-17-31-12-32(19-35)20-36(44)18-31;;/h21-24,27-36,43-46,53-54H,7-20,25-26H2,1-6H3;1H3;/q;-1;. The first-order valence-electron chi connectivity index (χ1n) is 22.5. The molecule has 9 fully saturated rings. The van der Waals surface area contributed by atoms with Crippen molar-refractivity contribution in [1.29, 1.82) is 0 Å². The van der Waals surface area contributed by atoms with Crippen LogP contribution in [0.4, 0.5) is 0 Å². The maximum absolute atomic E-state index is 11.9. The second-order valence-corrected chi connectivity index (χ2v) is 22.2. The fraction of sp³-hybridized carbons (Fsp3) is 0.706. The molecular formula is C51H73CoN2O2-. The molecule has 2 unspecified atom stereocenters. The van der Waals surface area contributed by atoms with E-state index in [4.69, 9.17) is 9.98 Å². The third-order valence-electron chi connectivity index (χ3n) is 16.4. The van der Waals surface area contributed by atoms with Gasteiger partial charge in [0, 0.05) is 40.3 Å². The summed E-state index contributed by atoms with van der Waals surface area (Å²) in [7, 11) is 0. The largest absolute Gasteiger partial charge is 0.507 e. The second-order valence-electron chi connectivity index (χ2n) is 22.2. The van der Waals surface area contributed by atoms with E-state index in [9.17, 15) is 10.2 Å². The molecule has 9 aliphatic rings. The maximum atomic E-state index is 11.9. The monoisotopic (exact) mass is 805 g/mol. The van der Waals surface area contributed by atoms with Gasteiger partial charge in [0.1, 0.15) is 11.5 Å². The van der Waals surface area contributed by atoms with Crippen molar-refractivity contribution in [3.05, 3.63) is 65.1 Å². The average molecular weight is 805 g/mol. The van der Waals surface area contributed by atoms with Crippen LogP contribution in [0.5, 0.6) is 11.5 Å². The summed E-state index contributed by atoms with van der Waals surface area (Å²) in [6, 6.07) is 9.17. The average Bonchev–Trinajstić information content (AvgIpc) is 3.10. The van der Waals surface area contributed by atoms with E-state index < -0.39 is 0 Å². The number of aliphatic imine (C=N–C) groups is 2. The van der Waals surface area contributed by atoms with E-state index in [0.717, 1.165) is 108 Å². The molecule has 56 heavy (non-hydrogen) atoms. The number of phenols is 2. The Bertz CT molecular complexity index is 1590. The zero-order valence-corrected chi connectivity index (χ0v) is 36.9. The zero-order chi connectivity index (χ0) is 37.5. The van der Waals surface area contributed by atoms with Crippen molar-refractivity contribution in [3.63, 3.8) is 0 Å². The van der Waals surface area contributed by atoms with Gasteiger partial charge in [0.15, 0.2) is 0 Å². The van der Waals surface area contributed by atoms with Crippen LogP contribution in [-0.2, 0) is 40.5 Å². The van der Waals surface area contributed by atoms with Crippen molar-refractivity contribution in [1.82, 2.24) is 0 Å². The molecular weight excluding hydrogens is 732 g/mol. The summed E-state index contributed by atoms with van der Waals surface area (Å²) in [5.41, 5.74) is 6.58. The van der Waals surface area contributed by atoms with Gasteiger partial charge in [-0.05, 0) is 194 Å². The number of hydrogen-bond acceptors (Lipinski definition) is 4. The minimum atomic E-state index is -0.00860. The van der Waals surface area contributed by atoms with Crippen molar-refractivity contribution >= 4 is 12.4 Å². The summed E-state index contributed by atoms with van der Waals surface area (Å²) >= 11 is 0. The minimum absolute atomic E-state index is 0. The van der Waals surface area contributed by atoms with E-state index in [2.05, 4.69) is 65.8 Å². The van der Waals surface area contributed by atoms with Crippen LogP contribution in [0.2, 0.25) is 0 Å². The maximum Gasteiger partial charge on any atom is 0.127 e. The molecule has 0 amide bonds. The quantitative estimate of drug-likeness (QED) is 0.206. The Morgan fingerprint density at radius 1 is 0.536 bits per heavy atom. The third kappa shape index (κ3) is 8.35. The minimum Gasteiger partial charge on any atom is -0.507 e. The summed E-state index contributed by atoms with van der Waals surface area (Å²) in [5, 5.41) is 23.7. The van der Waals surface area contributed by atoms with E-state index in [1.165, 1.54) is 75.3 Å². The molecule has 0 spiro atoms. The van der Waals surface area contributed by atoms with Gasteiger partial charge in [-0.2, -0.15) is 0 Å². The van der Waals surface area contributed by atoms with Crippen LogP contribution < -0.4 is 0 Å². The van der Waals surface area contributed by atoms with E-state index in [1.807, 2.05) is 12.4 Å². The van der Waals surface area contributed by atoms with Gasteiger partial charge in [0.25, 0.3) is 0 Å². The summed E-state index contributed by atoms with van der Waals surface area (Å²) < 4.78 is 0. The number of aromatic hydroxyl groups is 2. The predicted molar refractivity (Wildman–Crippen MR) is 230 cm³/mol. The van der Waals surface area contributed by atoms with Crippen LogP contribution in [0.3, 0.4) is 0 Å². The Labute approximate surface area is 350 Å². The fourth-order valence-corrected chi connectivity index (χ4v) is 13.9. The summed E-state index contributed by atoms with van der Waals surface area (Å²) in [5.74, 6) is 9.55. The molecule has 309 valence electrons. The van der Waals surface area contributed by atoms with E-state index in [0.29, 0.717) is 23.3 Å². The van der Waals surface area contributed by atoms with Crippen molar-refractivity contribution in [2.75, 3.05) is 0 Å². The Morgan fingerprint density at radius 2 is 0.857 bits per heavy atom. The molecule has 0 heterocycles. The van der Waals surface area contributed by atoms with Crippen LogP contribution in [0.1, 0.15) is 165 Å². The van der Waals surface area contributed by atoms with Crippen LogP contribution in [0.15, 0.2) is 34.3 Å². The zero-order valence-electron chi connectivity index (χ0n) is 35.8. The van der Waals surface area contributed by atoms with Gasteiger partial charge >= 0.3 is 0 Å². The second kappa shape index (κ2) is 16.2. The van der Waals surface area contributed by atoms with Gasteiger partial charge in [-0.3, -0.25) is 9.98 Å². The van der Waals surface area contributed by atoms with Gasteiger partial charge < -0.3 is 17.6 Å². The van der Waals surface area contributed by atoms with Crippen molar-refractivity contribution in [2.24, 2.45) is 69.2 Å². The van der Waals surface area contributed by atoms with E-state index in [-0.39, 0.29) is 47.1 Å².